The second kappa shape index (κ2) is 5.64. The Hall–Kier alpha value is -1.23. The van der Waals surface area contributed by atoms with Gasteiger partial charge in [-0.05, 0) is 35.4 Å². The van der Waals surface area contributed by atoms with Gasteiger partial charge in [-0.1, -0.05) is 56.1 Å². The number of pyridine rings is 1. The van der Waals surface area contributed by atoms with E-state index in [9.17, 15) is 0 Å². The van der Waals surface area contributed by atoms with Crippen LogP contribution in [0.25, 0.3) is 10.9 Å². The molecule has 0 aliphatic rings. The maximum Gasteiger partial charge on any atom is 0.0705 e. The number of aromatic nitrogens is 1. The van der Waals surface area contributed by atoms with Gasteiger partial charge in [0.1, 0.15) is 0 Å². The summed E-state index contributed by atoms with van der Waals surface area (Å²) in [6, 6.07) is 15.9. The molecule has 1 atom stereocenters. The van der Waals surface area contributed by atoms with Gasteiger partial charge < -0.3 is 5.73 Å². The predicted molar refractivity (Wildman–Crippen MR) is 89.6 cm³/mol. The van der Waals surface area contributed by atoms with Crippen LogP contribution in [0.5, 0.6) is 0 Å². The van der Waals surface area contributed by atoms with Crippen molar-refractivity contribution >= 4 is 42.8 Å². The van der Waals surface area contributed by atoms with Crippen molar-refractivity contribution in [2.45, 2.75) is 6.04 Å². The molecule has 3 aromatic rings. The summed E-state index contributed by atoms with van der Waals surface area (Å²) in [5.41, 5.74) is 9.57. The molecule has 20 heavy (non-hydrogen) atoms. The minimum Gasteiger partial charge on any atom is -0.320 e. The van der Waals surface area contributed by atoms with E-state index in [1.165, 1.54) is 0 Å². The number of hydrogen-bond donors (Lipinski definition) is 1. The number of rotatable bonds is 2. The van der Waals surface area contributed by atoms with Gasteiger partial charge in [-0.25, -0.2) is 0 Å². The summed E-state index contributed by atoms with van der Waals surface area (Å²) in [4.78, 5) is 4.38. The quantitative estimate of drug-likeness (QED) is 0.680. The number of benzene rings is 2. The van der Waals surface area contributed by atoms with E-state index in [0.29, 0.717) is 0 Å². The Morgan fingerprint density at radius 1 is 0.950 bits per heavy atom. The van der Waals surface area contributed by atoms with Crippen molar-refractivity contribution in [3.05, 3.63) is 74.8 Å². The second-order valence-corrected chi connectivity index (χ2v) is 6.33. The second-order valence-electron chi connectivity index (χ2n) is 4.56. The van der Waals surface area contributed by atoms with Crippen LogP contribution < -0.4 is 5.73 Å². The van der Waals surface area contributed by atoms with E-state index in [1.807, 2.05) is 36.4 Å². The van der Waals surface area contributed by atoms with Gasteiger partial charge in [0.05, 0.1) is 11.6 Å². The molecule has 0 bridgehead atoms. The Labute approximate surface area is 134 Å². The van der Waals surface area contributed by atoms with Crippen LogP contribution >= 0.6 is 31.9 Å². The third kappa shape index (κ3) is 2.51. The van der Waals surface area contributed by atoms with E-state index < -0.39 is 0 Å². The third-order valence-electron chi connectivity index (χ3n) is 3.31. The lowest BCUT2D eigenvalue weighted by molar-refractivity contribution is 0.874. The van der Waals surface area contributed by atoms with Crippen LogP contribution in [-0.4, -0.2) is 4.98 Å². The van der Waals surface area contributed by atoms with Crippen LogP contribution in [-0.2, 0) is 0 Å². The van der Waals surface area contributed by atoms with E-state index in [-0.39, 0.29) is 6.04 Å². The lowest BCUT2D eigenvalue weighted by Crippen LogP contribution is -2.13. The summed E-state index contributed by atoms with van der Waals surface area (Å²) in [6.07, 6.45) is 1.80. The van der Waals surface area contributed by atoms with Crippen LogP contribution in [0.15, 0.2) is 63.7 Å². The molecule has 1 heterocycles. The van der Waals surface area contributed by atoms with Gasteiger partial charge in [-0.2, -0.15) is 0 Å². The summed E-state index contributed by atoms with van der Waals surface area (Å²) >= 11 is 7.04. The molecular formula is C16H12Br2N2. The highest BCUT2D eigenvalue weighted by Gasteiger charge is 2.15. The van der Waals surface area contributed by atoms with E-state index >= 15 is 0 Å². The smallest absolute Gasteiger partial charge is 0.0705 e. The standard InChI is InChI=1S/C16H12Br2N2/c17-10-6-7-13(14(18)9-10)16(19)12-3-1-5-15-11(12)4-2-8-20-15/h1-9,16H,19H2. The molecular weight excluding hydrogens is 380 g/mol. The highest BCUT2D eigenvalue weighted by atomic mass is 79.9. The zero-order valence-corrected chi connectivity index (χ0v) is 13.7. The summed E-state index contributed by atoms with van der Waals surface area (Å²) < 4.78 is 2.03. The molecule has 100 valence electrons. The van der Waals surface area contributed by atoms with Crippen LogP contribution in [0.1, 0.15) is 17.2 Å². The zero-order valence-electron chi connectivity index (χ0n) is 10.6. The molecule has 1 unspecified atom stereocenters. The van der Waals surface area contributed by atoms with Crippen molar-refractivity contribution in [3.63, 3.8) is 0 Å². The fourth-order valence-electron chi connectivity index (χ4n) is 2.32. The van der Waals surface area contributed by atoms with Gasteiger partial charge in [0.15, 0.2) is 0 Å². The Bertz CT molecular complexity index is 766. The lowest BCUT2D eigenvalue weighted by atomic mass is 9.96. The molecule has 0 saturated carbocycles. The number of halogens is 2. The van der Waals surface area contributed by atoms with Crippen molar-refractivity contribution in [1.82, 2.24) is 4.98 Å². The van der Waals surface area contributed by atoms with E-state index in [1.54, 1.807) is 6.20 Å². The molecule has 2 aromatic carbocycles. The SMILES string of the molecule is NC(c1ccc(Br)cc1Br)c1cccc2ncccc12. The Balaban J connectivity index is 2.15. The zero-order chi connectivity index (χ0) is 14.1. The van der Waals surface area contributed by atoms with Crippen LogP contribution in [0, 0.1) is 0 Å². The Morgan fingerprint density at radius 2 is 1.80 bits per heavy atom. The molecule has 0 aliphatic heterocycles. The first-order valence-electron chi connectivity index (χ1n) is 6.21. The summed E-state index contributed by atoms with van der Waals surface area (Å²) in [5.74, 6) is 0. The fourth-order valence-corrected chi connectivity index (χ4v) is 3.61. The summed E-state index contributed by atoms with van der Waals surface area (Å²) in [7, 11) is 0. The minimum absolute atomic E-state index is 0.189. The van der Waals surface area contributed by atoms with Gasteiger partial charge in [-0.15, -0.1) is 0 Å². The van der Waals surface area contributed by atoms with Crippen molar-refractivity contribution in [3.8, 4) is 0 Å². The maximum absolute atomic E-state index is 6.46. The van der Waals surface area contributed by atoms with Gasteiger partial charge >= 0.3 is 0 Å². The Morgan fingerprint density at radius 3 is 2.60 bits per heavy atom. The predicted octanol–water partition coefficient (Wildman–Crippen LogP) is 4.81. The van der Waals surface area contributed by atoms with E-state index in [0.717, 1.165) is 31.0 Å². The number of fused-ring (bicyclic) bond motifs is 1. The fraction of sp³-hybridized carbons (Fsp3) is 0.0625. The molecule has 0 radical (unpaired) electrons. The average Bonchev–Trinajstić information content (AvgIpc) is 2.46. The average molecular weight is 392 g/mol. The minimum atomic E-state index is -0.189. The first kappa shape index (κ1) is 13.7. The van der Waals surface area contributed by atoms with Gasteiger partial charge in [0, 0.05) is 20.5 Å². The molecule has 0 aliphatic carbocycles. The van der Waals surface area contributed by atoms with Gasteiger partial charge in [0.2, 0.25) is 0 Å². The molecule has 2 N–H and O–H groups in total. The molecule has 1 aromatic heterocycles. The molecule has 0 spiro atoms. The molecule has 0 fully saturated rings. The van der Waals surface area contributed by atoms with E-state index in [4.69, 9.17) is 5.73 Å². The molecule has 2 nitrogen and oxygen atoms in total. The lowest BCUT2D eigenvalue weighted by Gasteiger charge is -2.16. The number of nitrogens with two attached hydrogens (primary N) is 1. The van der Waals surface area contributed by atoms with Crippen LogP contribution in [0.3, 0.4) is 0 Å². The van der Waals surface area contributed by atoms with Crippen LogP contribution in [0.2, 0.25) is 0 Å². The third-order valence-corrected chi connectivity index (χ3v) is 4.49. The highest BCUT2D eigenvalue weighted by Crippen LogP contribution is 2.32. The molecule has 4 heteroatoms. The molecule has 3 rings (SSSR count). The normalized spacial score (nSPS) is 12.6. The van der Waals surface area contributed by atoms with Crippen molar-refractivity contribution < 1.29 is 0 Å². The monoisotopic (exact) mass is 390 g/mol. The number of hydrogen-bond acceptors (Lipinski definition) is 2. The first-order chi connectivity index (χ1) is 9.66. The maximum atomic E-state index is 6.46. The van der Waals surface area contributed by atoms with Crippen molar-refractivity contribution in [1.29, 1.82) is 0 Å². The summed E-state index contributed by atoms with van der Waals surface area (Å²) in [5, 5.41) is 1.09. The highest BCUT2D eigenvalue weighted by molar-refractivity contribution is 9.11. The summed E-state index contributed by atoms with van der Waals surface area (Å²) in [6.45, 7) is 0. The molecule has 0 saturated heterocycles. The van der Waals surface area contributed by atoms with Crippen molar-refractivity contribution in [2.75, 3.05) is 0 Å². The van der Waals surface area contributed by atoms with Gasteiger partial charge in [0.25, 0.3) is 0 Å². The van der Waals surface area contributed by atoms with Crippen molar-refractivity contribution in [2.24, 2.45) is 5.73 Å². The van der Waals surface area contributed by atoms with Crippen LogP contribution in [0.4, 0.5) is 0 Å². The Kier molecular flexibility index (Phi) is 3.87. The van der Waals surface area contributed by atoms with Gasteiger partial charge in [-0.3, -0.25) is 4.98 Å². The van der Waals surface area contributed by atoms with E-state index in [2.05, 4.69) is 49.0 Å². The topological polar surface area (TPSA) is 38.9 Å². The first-order valence-corrected chi connectivity index (χ1v) is 7.79. The largest absolute Gasteiger partial charge is 0.320 e. The molecule has 0 amide bonds. The number of nitrogens with zero attached hydrogens (tertiary/aromatic N) is 1.